The molecule has 6 rings (SSSR count). The quantitative estimate of drug-likeness (QED) is 0.221. The summed E-state index contributed by atoms with van der Waals surface area (Å²) in [6, 6.07) is 20.8. The van der Waals surface area contributed by atoms with E-state index in [-0.39, 0.29) is 0 Å². The van der Waals surface area contributed by atoms with Crippen LogP contribution in [0.25, 0.3) is 46.4 Å². The Morgan fingerprint density at radius 2 is 1.19 bits per heavy atom. The number of fused-ring (bicyclic) bond motifs is 8. The molecule has 4 nitrogen and oxygen atoms in total. The van der Waals surface area contributed by atoms with Gasteiger partial charge in [0.2, 0.25) is 0 Å². The third kappa shape index (κ3) is 7.40. The summed E-state index contributed by atoms with van der Waals surface area (Å²) in [5, 5.41) is 2.17. The summed E-state index contributed by atoms with van der Waals surface area (Å²) < 4.78 is 0. The molecule has 37 heavy (non-hydrogen) atoms. The average molecular weight is 507 g/mol. The van der Waals surface area contributed by atoms with Gasteiger partial charge in [0.05, 0.1) is 22.8 Å². The van der Waals surface area contributed by atoms with Crippen LogP contribution in [0.5, 0.6) is 0 Å². The molecule has 0 atom stereocenters. The summed E-state index contributed by atoms with van der Waals surface area (Å²) in [4.78, 5) is 17.6. The molecule has 5 heteroatoms. The Balaban J connectivity index is 0.000000184. The maximum Gasteiger partial charge on any atom is 0.0659 e. The van der Waals surface area contributed by atoms with Crippen molar-refractivity contribution in [1.82, 2.24) is 19.9 Å². The molecule has 0 amide bonds. The van der Waals surface area contributed by atoms with Gasteiger partial charge in [-0.3, -0.25) is 0 Å². The standard InChI is InChI=1S/C20H14N4.C12H20S/c1-2-14-10-16-5-6-18(23-16)12-20-8-7-19(24-20)11-17-4-3-15(22-17)9-13(1)21-14;1-11(2)7-4-3-5-8-12-9-6-10-13-12/h1-12,21-22H;6,9-11H,3-5,7-8H2,1-2H3. The summed E-state index contributed by atoms with van der Waals surface area (Å²) in [5.41, 5.74) is 7.86. The van der Waals surface area contributed by atoms with E-state index in [4.69, 9.17) is 0 Å². The molecule has 0 saturated heterocycles. The molecule has 8 bridgehead atoms. The van der Waals surface area contributed by atoms with Gasteiger partial charge in [-0.2, -0.15) is 0 Å². The van der Waals surface area contributed by atoms with Crippen molar-refractivity contribution in [2.75, 3.05) is 0 Å². The fourth-order valence-electron chi connectivity index (χ4n) is 4.43. The highest BCUT2D eigenvalue weighted by Gasteiger charge is 2.02. The predicted octanol–water partition coefficient (Wildman–Crippen LogP) is 9.16. The first-order valence-electron chi connectivity index (χ1n) is 13.2. The maximum absolute atomic E-state index is 4.62. The minimum absolute atomic E-state index is 0.877. The Labute approximate surface area is 222 Å². The van der Waals surface area contributed by atoms with Crippen LogP contribution < -0.4 is 0 Å². The number of nitrogens with one attached hydrogen (secondary N) is 2. The van der Waals surface area contributed by atoms with Crippen molar-refractivity contribution in [3.8, 4) is 0 Å². The summed E-state index contributed by atoms with van der Waals surface area (Å²) in [5.74, 6) is 0.877. The highest BCUT2D eigenvalue weighted by molar-refractivity contribution is 7.09. The second-order valence-electron chi connectivity index (χ2n) is 9.98. The third-order valence-corrected chi connectivity index (χ3v) is 7.26. The van der Waals surface area contributed by atoms with Gasteiger partial charge in [-0.05, 0) is 103 Å². The topological polar surface area (TPSA) is 57.4 Å². The van der Waals surface area contributed by atoms with Crippen molar-refractivity contribution < 1.29 is 0 Å². The number of aryl methyl sites for hydroxylation is 1. The fourth-order valence-corrected chi connectivity index (χ4v) is 5.18. The van der Waals surface area contributed by atoms with Crippen LogP contribution in [0.4, 0.5) is 0 Å². The first-order valence-corrected chi connectivity index (χ1v) is 14.0. The molecule has 0 fully saturated rings. The summed E-state index contributed by atoms with van der Waals surface area (Å²) >= 11 is 1.89. The molecule has 0 saturated carbocycles. The van der Waals surface area contributed by atoms with E-state index in [1.54, 1.807) is 4.88 Å². The van der Waals surface area contributed by atoms with Crippen LogP contribution in [0.1, 0.15) is 67.2 Å². The zero-order valence-electron chi connectivity index (χ0n) is 21.6. The van der Waals surface area contributed by atoms with Crippen molar-refractivity contribution in [2.24, 2.45) is 5.92 Å². The predicted molar refractivity (Wildman–Crippen MR) is 160 cm³/mol. The minimum atomic E-state index is 0.877. The lowest BCUT2D eigenvalue weighted by molar-refractivity contribution is 0.528. The molecular formula is C32H34N4S. The van der Waals surface area contributed by atoms with Gasteiger partial charge in [0, 0.05) is 26.9 Å². The molecule has 2 aliphatic rings. The molecule has 0 radical (unpaired) electrons. The van der Waals surface area contributed by atoms with Crippen LogP contribution in [0.2, 0.25) is 0 Å². The van der Waals surface area contributed by atoms with Gasteiger partial charge in [-0.15, -0.1) is 11.3 Å². The number of H-pyrrole nitrogens is 2. The van der Waals surface area contributed by atoms with Crippen molar-refractivity contribution in [3.63, 3.8) is 0 Å². The number of nitrogens with zero attached hydrogens (tertiary/aromatic N) is 2. The van der Waals surface area contributed by atoms with E-state index in [1.807, 2.05) is 53.8 Å². The molecule has 4 aromatic rings. The van der Waals surface area contributed by atoms with E-state index in [0.717, 1.165) is 50.8 Å². The number of aromatic nitrogens is 4. The number of rotatable bonds is 6. The molecule has 6 heterocycles. The first-order chi connectivity index (χ1) is 18.1. The van der Waals surface area contributed by atoms with Gasteiger partial charge >= 0.3 is 0 Å². The highest BCUT2D eigenvalue weighted by Crippen LogP contribution is 2.17. The monoisotopic (exact) mass is 506 g/mol. The third-order valence-electron chi connectivity index (χ3n) is 6.33. The van der Waals surface area contributed by atoms with Crippen molar-refractivity contribution in [2.45, 2.75) is 46.0 Å². The van der Waals surface area contributed by atoms with E-state index < -0.39 is 0 Å². The molecule has 0 spiro atoms. The maximum atomic E-state index is 4.62. The molecule has 0 aliphatic carbocycles. The zero-order chi connectivity index (χ0) is 25.5. The molecule has 4 aromatic heterocycles. The Morgan fingerprint density at radius 3 is 1.70 bits per heavy atom. The van der Waals surface area contributed by atoms with E-state index in [1.165, 1.54) is 32.1 Å². The lowest BCUT2D eigenvalue weighted by Gasteiger charge is -2.03. The van der Waals surface area contributed by atoms with Gasteiger partial charge in [-0.25, -0.2) is 9.97 Å². The number of hydrogen-bond donors (Lipinski definition) is 2. The van der Waals surface area contributed by atoms with E-state index in [0.29, 0.717) is 0 Å². The van der Waals surface area contributed by atoms with Crippen molar-refractivity contribution in [3.05, 3.63) is 93.7 Å². The average Bonchev–Trinajstić information content (AvgIpc) is 3.69. The second kappa shape index (κ2) is 12.0. The molecule has 0 aromatic carbocycles. The fraction of sp³-hybridized carbons (Fsp3) is 0.250. The molecule has 2 aliphatic heterocycles. The Morgan fingerprint density at radius 1 is 0.649 bits per heavy atom. The van der Waals surface area contributed by atoms with E-state index in [9.17, 15) is 0 Å². The second-order valence-corrected chi connectivity index (χ2v) is 11.0. The number of thiophene rings is 1. The Hall–Kier alpha value is -3.70. The normalized spacial score (nSPS) is 12.1. The zero-order valence-corrected chi connectivity index (χ0v) is 22.4. The first kappa shape index (κ1) is 25.0. The molecule has 2 N–H and O–H groups in total. The van der Waals surface area contributed by atoms with Gasteiger partial charge in [-0.1, -0.05) is 39.2 Å². The van der Waals surface area contributed by atoms with Gasteiger partial charge in [0.25, 0.3) is 0 Å². The minimum Gasteiger partial charge on any atom is -0.355 e. The number of unbranched alkanes of at least 4 members (excludes halogenated alkanes) is 2. The Bertz CT molecular complexity index is 1450. The number of hydrogen-bond acceptors (Lipinski definition) is 3. The van der Waals surface area contributed by atoms with Crippen LogP contribution >= 0.6 is 11.3 Å². The lowest BCUT2D eigenvalue weighted by atomic mass is 10.0. The van der Waals surface area contributed by atoms with Crippen molar-refractivity contribution in [1.29, 1.82) is 0 Å². The van der Waals surface area contributed by atoms with Gasteiger partial charge in [0.1, 0.15) is 0 Å². The summed E-state index contributed by atoms with van der Waals surface area (Å²) in [6.45, 7) is 4.61. The lowest BCUT2D eigenvalue weighted by Crippen LogP contribution is -1.88. The van der Waals surface area contributed by atoms with Crippen LogP contribution in [-0.4, -0.2) is 19.9 Å². The molecular weight excluding hydrogens is 472 g/mol. The smallest absolute Gasteiger partial charge is 0.0659 e. The Kier molecular flexibility index (Phi) is 8.11. The van der Waals surface area contributed by atoms with E-state index >= 15 is 0 Å². The van der Waals surface area contributed by atoms with Crippen molar-refractivity contribution >= 4 is 57.7 Å². The van der Waals surface area contributed by atoms with Gasteiger partial charge in [0.15, 0.2) is 0 Å². The van der Waals surface area contributed by atoms with E-state index in [2.05, 4.69) is 81.6 Å². The molecule has 188 valence electrons. The van der Waals surface area contributed by atoms with Crippen LogP contribution in [0.15, 0.2) is 66.0 Å². The van der Waals surface area contributed by atoms with Crippen LogP contribution in [-0.2, 0) is 6.42 Å². The number of aromatic amines is 2. The van der Waals surface area contributed by atoms with Crippen LogP contribution in [0.3, 0.4) is 0 Å². The molecule has 0 unspecified atom stereocenters. The van der Waals surface area contributed by atoms with Crippen LogP contribution in [0, 0.1) is 5.92 Å². The summed E-state index contributed by atoms with van der Waals surface area (Å²) in [6.07, 6.45) is 14.9. The van der Waals surface area contributed by atoms with Gasteiger partial charge < -0.3 is 9.97 Å². The highest BCUT2D eigenvalue weighted by atomic mass is 32.1. The SMILES string of the molecule is C1=Cc2cc3ccc(cc4ccc(cc5nc(cc1n2)C=C5)[nH]4)[nH]3.CC(C)CCCCCc1cccs1. The largest absolute Gasteiger partial charge is 0.355 e. The summed E-state index contributed by atoms with van der Waals surface area (Å²) in [7, 11) is 0.